The summed E-state index contributed by atoms with van der Waals surface area (Å²) in [5.74, 6) is -0.413. The van der Waals surface area contributed by atoms with E-state index in [4.69, 9.17) is 9.84 Å². The third-order valence-corrected chi connectivity index (χ3v) is 2.99. The molecule has 5 heteroatoms. The zero-order valence-electron chi connectivity index (χ0n) is 10.8. The predicted molar refractivity (Wildman–Crippen MR) is 75.7 cm³/mol. The van der Waals surface area contributed by atoms with Crippen LogP contribution in [0, 0.1) is 0 Å². The van der Waals surface area contributed by atoms with Crippen molar-refractivity contribution in [3.8, 4) is 5.75 Å². The first-order valence-corrected chi connectivity index (χ1v) is 7.01. The normalized spacial score (nSPS) is 10.2. The Balaban J connectivity index is 2.75. The number of benzene rings is 1. The summed E-state index contributed by atoms with van der Waals surface area (Å²) in [4.78, 5) is 22.5. The minimum atomic E-state index is -0.885. The number of Topliss-reactive ketones (excluding diaryl/α,β-unsaturated/α-hetero) is 1. The van der Waals surface area contributed by atoms with Gasteiger partial charge in [-0.25, -0.2) is 0 Å². The number of ketones is 1. The van der Waals surface area contributed by atoms with Crippen LogP contribution >= 0.6 is 15.9 Å². The minimum absolute atomic E-state index is 0.00485. The van der Waals surface area contributed by atoms with Crippen molar-refractivity contribution in [3.63, 3.8) is 0 Å². The highest BCUT2D eigenvalue weighted by molar-refractivity contribution is 9.10. The van der Waals surface area contributed by atoms with Crippen molar-refractivity contribution in [2.24, 2.45) is 0 Å². The molecule has 0 aliphatic heterocycles. The van der Waals surface area contributed by atoms with E-state index >= 15 is 0 Å². The minimum Gasteiger partial charge on any atom is -0.493 e. The lowest BCUT2D eigenvalue weighted by atomic mass is 10.0. The van der Waals surface area contributed by atoms with Crippen LogP contribution in [-0.2, 0) is 4.79 Å². The van der Waals surface area contributed by atoms with Gasteiger partial charge in [-0.3, -0.25) is 9.59 Å². The van der Waals surface area contributed by atoms with Crippen LogP contribution in [0.2, 0.25) is 0 Å². The number of rotatable bonds is 8. The Labute approximate surface area is 120 Å². The fraction of sp³-hybridized carbons (Fsp3) is 0.429. The van der Waals surface area contributed by atoms with Crippen molar-refractivity contribution in [2.75, 3.05) is 6.61 Å². The zero-order chi connectivity index (χ0) is 14.3. The van der Waals surface area contributed by atoms with E-state index in [9.17, 15) is 9.59 Å². The highest BCUT2D eigenvalue weighted by Crippen LogP contribution is 2.25. The maximum Gasteiger partial charge on any atom is 0.303 e. The Hall–Kier alpha value is -1.36. The van der Waals surface area contributed by atoms with Gasteiger partial charge in [0.25, 0.3) is 0 Å². The fourth-order valence-corrected chi connectivity index (χ4v) is 1.95. The molecule has 0 saturated carbocycles. The highest BCUT2D eigenvalue weighted by atomic mass is 79.9. The molecule has 0 saturated heterocycles. The van der Waals surface area contributed by atoms with Gasteiger partial charge in [0.1, 0.15) is 5.75 Å². The Morgan fingerprint density at radius 1 is 1.32 bits per heavy atom. The molecule has 19 heavy (non-hydrogen) atoms. The molecule has 0 atom stereocenters. The smallest absolute Gasteiger partial charge is 0.303 e. The molecule has 0 bridgehead atoms. The van der Waals surface area contributed by atoms with Crippen LogP contribution in [0.4, 0.5) is 0 Å². The fourth-order valence-electron chi connectivity index (χ4n) is 1.59. The SMILES string of the molecule is CCCOc1ccc(Br)cc1C(=O)CCCC(=O)O. The van der Waals surface area contributed by atoms with Crippen LogP contribution < -0.4 is 4.74 Å². The van der Waals surface area contributed by atoms with E-state index < -0.39 is 5.97 Å². The summed E-state index contributed by atoms with van der Waals surface area (Å²) < 4.78 is 6.34. The average molecular weight is 329 g/mol. The number of carbonyl (C=O) groups excluding carboxylic acids is 1. The van der Waals surface area contributed by atoms with Crippen molar-refractivity contribution in [2.45, 2.75) is 32.6 Å². The number of carbonyl (C=O) groups is 2. The topological polar surface area (TPSA) is 63.6 Å². The number of carboxylic acids is 1. The van der Waals surface area contributed by atoms with Crippen LogP contribution in [0.5, 0.6) is 5.75 Å². The Kier molecular flexibility index (Phi) is 6.56. The molecule has 104 valence electrons. The first-order chi connectivity index (χ1) is 9.04. The number of aliphatic carboxylic acids is 1. The maximum atomic E-state index is 12.1. The van der Waals surface area contributed by atoms with Gasteiger partial charge in [0.2, 0.25) is 0 Å². The molecule has 0 unspecified atom stereocenters. The molecule has 0 radical (unpaired) electrons. The first kappa shape index (κ1) is 15.7. The van der Waals surface area contributed by atoms with Crippen molar-refractivity contribution < 1.29 is 19.4 Å². The van der Waals surface area contributed by atoms with Crippen LogP contribution in [0.25, 0.3) is 0 Å². The van der Waals surface area contributed by atoms with Crippen LogP contribution in [0.3, 0.4) is 0 Å². The third kappa shape index (κ3) is 5.42. The predicted octanol–water partition coefficient (Wildman–Crippen LogP) is 3.68. The van der Waals surface area contributed by atoms with Gasteiger partial charge < -0.3 is 9.84 Å². The molecule has 0 aliphatic carbocycles. The number of ether oxygens (including phenoxy) is 1. The zero-order valence-corrected chi connectivity index (χ0v) is 12.4. The van der Waals surface area contributed by atoms with Gasteiger partial charge in [-0.05, 0) is 31.0 Å². The van der Waals surface area contributed by atoms with Gasteiger partial charge >= 0.3 is 5.97 Å². The molecule has 1 rings (SSSR count). The first-order valence-electron chi connectivity index (χ1n) is 6.22. The summed E-state index contributed by atoms with van der Waals surface area (Å²) in [5, 5.41) is 8.57. The molecule has 0 spiro atoms. The molecule has 1 aromatic carbocycles. The Morgan fingerprint density at radius 3 is 2.68 bits per heavy atom. The Morgan fingerprint density at radius 2 is 2.05 bits per heavy atom. The average Bonchev–Trinajstić information content (AvgIpc) is 2.36. The molecular weight excluding hydrogens is 312 g/mol. The van der Waals surface area contributed by atoms with Crippen LogP contribution in [0.15, 0.2) is 22.7 Å². The molecule has 0 heterocycles. The van der Waals surface area contributed by atoms with Crippen LogP contribution in [0.1, 0.15) is 43.0 Å². The summed E-state index contributed by atoms with van der Waals surface area (Å²) in [6.45, 7) is 2.55. The highest BCUT2D eigenvalue weighted by Gasteiger charge is 2.13. The molecule has 1 N–H and O–H groups in total. The van der Waals surface area contributed by atoms with E-state index in [1.54, 1.807) is 12.1 Å². The molecule has 4 nitrogen and oxygen atoms in total. The van der Waals surface area contributed by atoms with Gasteiger partial charge in [0.05, 0.1) is 12.2 Å². The summed E-state index contributed by atoms with van der Waals surface area (Å²) in [5.41, 5.74) is 0.508. The van der Waals surface area contributed by atoms with Gasteiger partial charge in [-0.1, -0.05) is 22.9 Å². The number of carboxylic acid groups (broad SMARTS) is 1. The Bertz CT molecular complexity index is 457. The van der Waals surface area contributed by atoms with E-state index in [0.717, 1.165) is 10.9 Å². The van der Waals surface area contributed by atoms with E-state index in [-0.39, 0.29) is 18.6 Å². The number of hydrogen-bond donors (Lipinski definition) is 1. The number of hydrogen-bond acceptors (Lipinski definition) is 3. The van der Waals surface area contributed by atoms with Gasteiger partial charge in [0, 0.05) is 17.3 Å². The second-order valence-electron chi connectivity index (χ2n) is 4.16. The summed E-state index contributed by atoms with van der Waals surface area (Å²) in [6, 6.07) is 5.29. The monoisotopic (exact) mass is 328 g/mol. The van der Waals surface area contributed by atoms with Gasteiger partial charge in [-0.15, -0.1) is 0 Å². The standard InChI is InChI=1S/C14H17BrO4/c1-2-8-19-13-7-6-10(15)9-11(13)12(16)4-3-5-14(17)18/h6-7,9H,2-5,8H2,1H3,(H,17,18). The summed E-state index contributed by atoms with van der Waals surface area (Å²) in [7, 11) is 0. The van der Waals surface area contributed by atoms with E-state index in [2.05, 4.69) is 15.9 Å². The lowest BCUT2D eigenvalue weighted by molar-refractivity contribution is -0.137. The van der Waals surface area contributed by atoms with Crippen LogP contribution in [-0.4, -0.2) is 23.5 Å². The van der Waals surface area contributed by atoms with E-state index in [1.807, 2.05) is 13.0 Å². The largest absolute Gasteiger partial charge is 0.493 e. The molecule has 0 aromatic heterocycles. The van der Waals surface area contributed by atoms with Crippen molar-refractivity contribution in [1.82, 2.24) is 0 Å². The van der Waals surface area contributed by atoms with Gasteiger partial charge in [0.15, 0.2) is 5.78 Å². The van der Waals surface area contributed by atoms with E-state index in [0.29, 0.717) is 24.3 Å². The second-order valence-corrected chi connectivity index (χ2v) is 5.08. The number of halogens is 1. The second kappa shape index (κ2) is 7.94. The van der Waals surface area contributed by atoms with E-state index in [1.165, 1.54) is 0 Å². The third-order valence-electron chi connectivity index (χ3n) is 2.50. The molecular formula is C14H17BrO4. The molecule has 0 amide bonds. The lowest BCUT2D eigenvalue weighted by Gasteiger charge is -2.10. The summed E-state index contributed by atoms with van der Waals surface area (Å²) in [6.07, 6.45) is 1.42. The van der Waals surface area contributed by atoms with Crippen molar-refractivity contribution in [1.29, 1.82) is 0 Å². The van der Waals surface area contributed by atoms with Crippen molar-refractivity contribution in [3.05, 3.63) is 28.2 Å². The van der Waals surface area contributed by atoms with Crippen molar-refractivity contribution >= 4 is 27.7 Å². The maximum absolute atomic E-state index is 12.1. The molecule has 0 aliphatic rings. The molecule has 0 fully saturated rings. The quantitative estimate of drug-likeness (QED) is 0.739. The molecule has 1 aromatic rings. The lowest BCUT2D eigenvalue weighted by Crippen LogP contribution is -2.06. The van der Waals surface area contributed by atoms with Gasteiger partial charge in [-0.2, -0.15) is 0 Å². The summed E-state index contributed by atoms with van der Waals surface area (Å²) >= 11 is 3.32.